The fourth-order valence-corrected chi connectivity index (χ4v) is 2.44. The minimum atomic E-state index is 0.0130. The van der Waals surface area contributed by atoms with Gasteiger partial charge in [0.05, 0.1) is 17.4 Å². The minimum Gasteiger partial charge on any atom is -0.345 e. The van der Waals surface area contributed by atoms with Crippen LogP contribution in [0.2, 0.25) is 0 Å². The lowest BCUT2D eigenvalue weighted by Crippen LogP contribution is -2.30. The van der Waals surface area contributed by atoms with E-state index in [0.29, 0.717) is 18.7 Å². The fourth-order valence-electron chi connectivity index (χ4n) is 2.44. The lowest BCUT2D eigenvalue weighted by Gasteiger charge is -2.21. The molecule has 0 saturated carbocycles. The molecule has 0 saturated heterocycles. The molecular formula is C17H17N3O. The summed E-state index contributed by atoms with van der Waals surface area (Å²) in [6.07, 6.45) is 1.62. The number of carbonyl (C=O) groups excluding carboxylic acids is 1. The van der Waals surface area contributed by atoms with Crippen LogP contribution < -0.4 is 0 Å². The maximum Gasteiger partial charge on any atom is 0.256 e. The summed E-state index contributed by atoms with van der Waals surface area (Å²) in [5, 5.41) is 0. The lowest BCUT2D eigenvalue weighted by atomic mass is 10.1. The molecule has 0 bridgehead atoms. The van der Waals surface area contributed by atoms with E-state index in [1.807, 2.05) is 60.4 Å². The van der Waals surface area contributed by atoms with Crippen LogP contribution in [0.4, 0.5) is 0 Å². The van der Waals surface area contributed by atoms with Gasteiger partial charge in [0.15, 0.2) is 0 Å². The monoisotopic (exact) mass is 279 g/mol. The highest BCUT2D eigenvalue weighted by Gasteiger charge is 2.18. The summed E-state index contributed by atoms with van der Waals surface area (Å²) in [6, 6.07) is 15.7. The number of rotatable bonds is 4. The van der Waals surface area contributed by atoms with Crippen LogP contribution in [0.5, 0.6) is 0 Å². The first-order valence-corrected chi connectivity index (χ1v) is 7.05. The van der Waals surface area contributed by atoms with E-state index in [2.05, 4.69) is 9.97 Å². The van der Waals surface area contributed by atoms with Crippen molar-refractivity contribution in [2.75, 3.05) is 6.54 Å². The van der Waals surface area contributed by atoms with Crippen LogP contribution in [0.25, 0.3) is 11.0 Å². The molecule has 0 atom stereocenters. The molecule has 3 rings (SSSR count). The molecule has 0 spiro atoms. The summed E-state index contributed by atoms with van der Waals surface area (Å²) in [7, 11) is 0. The van der Waals surface area contributed by atoms with Gasteiger partial charge < -0.3 is 9.88 Å². The average molecular weight is 279 g/mol. The van der Waals surface area contributed by atoms with E-state index in [4.69, 9.17) is 0 Å². The van der Waals surface area contributed by atoms with Crippen molar-refractivity contribution in [3.63, 3.8) is 0 Å². The highest BCUT2D eigenvalue weighted by atomic mass is 16.2. The number of aromatic nitrogens is 2. The Bertz CT molecular complexity index is 749. The Morgan fingerprint density at radius 3 is 2.71 bits per heavy atom. The van der Waals surface area contributed by atoms with Crippen molar-refractivity contribution in [2.24, 2.45) is 0 Å². The molecule has 2 aromatic carbocycles. The minimum absolute atomic E-state index is 0.0130. The van der Waals surface area contributed by atoms with Crippen molar-refractivity contribution < 1.29 is 4.79 Å². The molecular weight excluding hydrogens is 262 g/mol. The SMILES string of the molecule is CCN(Cc1ccccc1)C(=O)c1cccc2[nH]cnc12. The first-order valence-electron chi connectivity index (χ1n) is 7.05. The Hall–Kier alpha value is -2.62. The zero-order chi connectivity index (χ0) is 14.7. The maximum absolute atomic E-state index is 12.8. The normalized spacial score (nSPS) is 10.7. The first-order chi connectivity index (χ1) is 10.3. The summed E-state index contributed by atoms with van der Waals surface area (Å²) in [6.45, 7) is 3.26. The maximum atomic E-state index is 12.8. The quantitative estimate of drug-likeness (QED) is 0.797. The van der Waals surface area contributed by atoms with Crippen molar-refractivity contribution >= 4 is 16.9 Å². The molecule has 4 nitrogen and oxygen atoms in total. The van der Waals surface area contributed by atoms with E-state index < -0.39 is 0 Å². The van der Waals surface area contributed by atoms with Gasteiger partial charge in [-0.15, -0.1) is 0 Å². The van der Waals surface area contributed by atoms with Crippen molar-refractivity contribution in [1.29, 1.82) is 0 Å². The van der Waals surface area contributed by atoms with Crippen LogP contribution >= 0.6 is 0 Å². The third kappa shape index (κ3) is 2.65. The molecule has 1 aromatic heterocycles. The van der Waals surface area contributed by atoms with Crippen molar-refractivity contribution in [3.05, 3.63) is 66.0 Å². The van der Waals surface area contributed by atoms with Gasteiger partial charge in [-0.25, -0.2) is 4.98 Å². The molecule has 0 radical (unpaired) electrons. The molecule has 1 amide bonds. The Balaban J connectivity index is 1.90. The number of para-hydroxylation sites is 1. The molecule has 0 aliphatic rings. The fraction of sp³-hybridized carbons (Fsp3) is 0.176. The molecule has 1 N–H and O–H groups in total. The number of imidazole rings is 1. The second-order valence-electron chi connectivity index (χ2n) is 4.91. The van der Waals surface area contributed by atoms with Crippen LogP contribution in [0.15, 0.2) is 54.9 Å². The van der Waals surface area contributed by atoms with Gasteiger partial charge in [-0.1, -0.05) is 36.4 Å². The number of benzene rings is 2. The Kier molecular flexibility index (Phi) is 3.69. The van der Waals surface area contributed by atoms with Gasteiger partial charge in [0.25, 0.3) is 5.91 Å². The summed E-state index contributed by atoms with van der Waals surface area (Å²) in [5.74, 6) is 0.0130. The van der Waals surface area contributed by atoms with Gasteiger partial charge in [0, 0.05) is 13.1 Å². The third-order valence-electron chi connectivity index (χ3n) is 3.57. The number of amides is 1. The van der Waals surface area contributed by atoms with Gasteiger partial charge in [0.2, 0.25) is 0 Å². The summed E-state index contributed by atoms with van der Waals surface area (Å²) >= 11 is 0. The zero-order valence-electron chi connectivity index (χ0n) is 11.9. The number of nitrogens with one attached hydrogen (secondary N) is 1. The third-order valence-corrected chi connectivity index (χ3v) is 3.57. The number of aromatic amines is 1. The van der Waals surface area contributed by atoms with E-state index in [1.54, 1.807) is 6.33 Å². The molecule has 1 heterocycles. The van der Waals surface area contributed by atoms with Crippen LogP contribution in [0.1, 0.15) is 22.8 Å². The highest BCUT2D eigenvalue weighted by Crippen LogP contribution is 2.17. The molecule has 0 fully saturated rings. The van der Waals surface area contributed by atoms with Gasteiger partial charge >= 0.3 is 0 Å². The standard InChI is InChI=1S/C17H17N3O/c1-2-20(11-13-7-4-3-5-8-13)17(21)14-9-6-10-15-16(14)19-12-18-15/h3-10,12H,2,11H2,1H3,(H,18,19). The van der Waals surface area contributed by atoms with Crippen LogP contribution in [-0.4, -0.2) is 27.3 Å². The molecule has 21 heavy (non-hydrogen) atoms. The topological polar surface area (TPSA) is 49.0 Å². The number of fused-ring (bicyclic) bond motifs is 1. The van der Waals surface area contributed by atoms with Gasteiger partial charge in [0.1, 0.15) is 5.52 Å². The molecule has 0 aliphatic carbocycles. The number of H-pyrrole nitrogens is 1. The number of hydrogen-bond acceptors (Lipinski definition) is 2. The largest absolute Gasteiger partial charge is 0.345 e. The summed E-state index contributed by atoms with van der Waals surface area (Å²) in [4.78, 5) is 21.9. The Labute approximate surface area is 123 Å². The predicted molar refractivity (Wildman–Crippen MR) is 83.0 cm³/mol. The first kappa shape index (κ1) is 13.4. The van der Waals surface area contributed by atoms with Crippen LogP contribution in [0.3, 0.4) is 0 Å². The number of hydrogen-bond donors (Lipinski definition) is 1. The second kappa shape index (κ2) is 5.79. The highest BCUT2D eigenvalue weighted by molar-refractivity contribution is 6.04. The smallest absolute Gasteiger partial charge is 0.256 e. The van der Waals surface area contributed by atoms with Crippen molar-refractivity contribution in [2.45, 2.75) is 13.5 Å². The molecule has 4 heteroatoms. The molecule has 106 valence electrons. The van der Waals surface area contributed by atoms with Crippen molar-refractivity contribution in [3.8, 4) is 0 Å². The van der Waals surface area contributed by atoms with E-state index in [1.165, 1.54) is 0 Å². The Morgan fingerprint density at radius 2 is 1.95 bits per heavy atom. The number of nitrogens with zero attached hydrogens (tertiary/aromatic N) is 2. The molecule has 0 unspecified atom stereocenters. The number of carbonyl (C=O) groups is 1. The van der Waals surface area contributed by atoms with Gasteiger partial charge in [-0.3, -0.25) is 4.79 Å². The van der Waals surface area contributed by atoms with Crippen molar-refractivity contribution in [1.82, 2.24) is 14.9 Å². The average Bonchev–Trinajstić information content (AvgIpc) is 3.01. The second-order valence-corrected chi connectivity index (χ2v) is 4.91. The molecule has 0 aliphatic heterocycles. The van der Waals surface area contributed by atoms with E-state index in [-0.39, 0.29) is 5.91 Å². The van der Waals surface area contributed by atoms with E-state index >= 15 is 0 Å². The zero-order valence-corrected chi connectivity index (χ0v) is 11.9. The van der Waals surface area contributed by atoms with Gasteiger partial charge in [-0.2, -0.15) is 0 Å². The van der Waals surface area contributed by atoms with Gasteiger partial charge in [-0.05, 0) is 24.6 Å². The van der Waals surface area contributed by atoms with Crippen LogP contribution in [-0.2, 0) is 6.54 Å². The Morgan fingerprint density at radius 1 is 1.14 bits per heavy atom. The van der Waals surface area contributed by atoms with E-state index in [9.17, 15) is 4.79 Å². The van der Waals surface area contributed by atoms with E-state index in [0.717, 1.165) is 16.6 Å². The predicted octanol–water partition coefficient (Wildman–Crippen LogP) is 3.23. The van der Waals surface area contributed by atoms with Crippen LogP contribution in [0, 0.1) is 0 Å². The summed E-state index contributed by atoms with van der Waals surface area (Å²) in [5.41, 5.74) is 3.39. The summed E-state index contributed by atoms with van der Waals surface area (Å²) < 4.78 is 0. The lowest BCUT2D eigenvalue weighted by molar-refractivity contribution is 0.0754. The molecule has 3 aromatic rings.